The Morgan fingerprint density at radius 1 is 1.44 bits per heavy atom. The molecule has 1 aromatic rings. The molecule has 5 nitrogen and oxygen atoms in total. The predicted molar refractivity (Wildman–Crippen MR) is 73.9 cm³/mol. The van der Waals surface area contributed by atoms with Crippen LogP contribution in [0.4, 0.5) is 0 Å². The summed E-state index contributed by atoms with van der Waals surface area (Å²) in [6.07, 6.45) is 3.85. The third-order valence-corrected chi connectivity index (χ3v) is 2.93. The van der Waals surface area contributed by atoms with E-state index in [1.54, 1.807) is 13.1 Å². The lowest BCUT2D eigenvalue weighted by atomic mass is 9.90. The number of piperidine rings is 1. The number of nitrogens with one attached hydrogen (secondary N) is 2. The number of carbonyl (C=O) groups excluding carboxylic acids is 1. The summed E-state index contributed by atoms with van der Waals surface area (Å²) >= 11 is 0. The van der Waals surface area contributed by atoms with Crippen LogP contribution in [-0.4, -0.2) is 35.9 Å². The van der Waals surface area contributed by atoms with Gasteiger partial charge in [0, 0.05) is 5.56 Å². The van der Waals surface area contributed by atoms with Gasteiger partial charge in [-0.2, -0.15) is 5.10 Å². The topological polar surface area (TPSA) is 67.0 Å². The molecule has 1 aromatic heterocycles. The minimum absolute atomic E-state index is 0. The fourth-order valence-electron chi connectivity index (χ4n) is 2.10. The van der Waals surface area contributed by atoms with Crippen molar-refractivity contribution in [1.29, 1.82) is 0 Å². The fourth-order valence-corrected chi connectivity index (χ4v) is 2.10. The summed E-state index contributed by atoms with van der Waals surface area (Å²) in [5.41, 5.74) is 1.52. The van der Waals surface area contributed by atoms with Crippen molar-refractivity contribution >= 4 is 30.8 Å². The Balaban J connectivity index is 0.00000144. The molecule has 0 saturated carbocycles. The van der Waals surface area contributed by atoms with E-state index in [9.17, 15) is 4.79 Å². The van der Waals surface area contributed by atoms with E-state index >= 15 is 0 Å². The molecule has 18 heavy (non-hydrogen) atoms. The number of carbonyl (C=O) groups is 1. The van der Waals surface area contributed by atoms with Gasteiger partial charge in [0.2, 0.25) is 0 Å². The molecule has 2 rings (SSSR count). The summed E-state index contributed by atoms with van der Waals surface area (Å²) in [7, 11) is 0. The van der Waals surface area contributed by atoms with Gasteiger partial charge in [-0.15, -0.1) is 24.8 Å². The number of H-pyrrole nitrogens is 1. The molecule has 104 valence electrons. The molecular weight excluding hydrogens is 277 g/mol. The quantitative estimate of drug-likeness (QED) is 0.836. The smallest absolute Gasteiger partial charge is 0.356 e. The van der Waals surface area contributed by atoms with Gasteiger partial charge in [-0.25, -0.2) is 4.79 Å². The van der Waals surface area contributed by atoms with Gasteiger partial charge in [-0.3, -0.25) is 5.10 Å². The minimum atomic E-state index is -0.298. The molecule has 0 radical (unpaired) electrons. The van der Waals surface area contributed by atoms with Crippen LogP contribution in [0, 0.1) is 0 Å². The summed E-state index contributed by atoms with van der Waals surface area (Å²) in [5, 5.41) is 10.0. The average molecular weight is 296 g/mol. The number of nitrogens with zero attached hydrogens (tertiary/aromatic N) is 1. The van der Waals surface area contributed by atoms with E-state index in [0.29, 0.717) is 18.2 Å². The predicted octanol–water partition coefficient (Wildman–Crippen LogP) is 1.90. The van der Waals surface area contributed by atoms with Crippen LogP contribution in [-0.2, 0) is 4.74 Å². The number of esters is 1. The molecule has 1 aliphatic heterocycles. The molecule has 0 aromatic carbocycles. The second-order valence-electron chi connectivity index (χ2n) is 3.95. The van der Waals surface area contributed by atoms with Gasteiger partial charge in [0.1, 0.15) is 5.69 Å². The van der Waals surface area contributed by atoms with Crippen LogP contribution in [0.3, 0.4) is 0 Å². The molecule has 1 saturated heterocycles. The van der Waals surface area contributed by atoms with Crippen molar-refractivity contribution < 1.29 is 9.53 Å². The molecule has 2 N–H and O–H groups in total. The maximum absolute atomic E-state index is 11.7. The normalized spacial score (nSPS) is 15.4. The van der Waals surface area contributed by atoms with E-state index < -0.39 is 0 Å². The Morgan fingerprint density at radius 3 is 2.72 bits per heavy atom. The molecule has 0 bridgehead atoms. The molecule has 0 unspecified atom stereocenters. The van der Waals surface area contributed by atoms with Gasteiger partial charge in [-0.05, 0) is 38.8 Å². The highest BCUT2D eigenvalue weighted by atomic mass is 35.5. The molecule has 1 fully saturated rings. The first-order chi connectivity index (χ1) is 7.83. The maximum Gasteiger partial charge on any atom is 0.356 e. The van der Waals surface area contributed by atoms with Crippen LogP contribution in [0.1, 0.15) is 41.7 Å². The van der Waals surface area contributed by atoms with Gasteiger partial charge >= 0.3 is 5.97 Å². The van der Waals surface area contributed by atoms with Crippen LogP contribution in [0.15, 0.2) is 6.20 Å². The van der Waals surface area contributed by atoms with Gasteiger partial charge < -0.3 is 10.1 Å². The first-order valence-electron chi connectivity index (χ1n) is 5.74. The number of ether oxygens (including phenoxy) is 1. The lowest BCUT2D eigenvalue weighted by molar-refractivity contribution is 0.0517. The first-order valence-corrected chi connectivity index (χ1v) is 5.74. The molecule has 7 heteroatoms. The maximum atomic E-state index is 11.7. The van der Waals surface area contributed by atoms with E-state index in [1.165, 1.54) is 0 Å². The van der Waals surface area contributed by atoms with Crippen molar-refractivity contribution in [3.63, 3.8) is 0 Å². The highest BCUT2D eigenvalue weighted by Gasteiger charge is 2.23. The molecule has 2 heterocycles. The van der Waals surface area contributed by atoms with E-state index in [-0.39, 0.29) is 30.8 Å². The number of hydrogen-bond donors (Lipinski definition) is 2. The minimum Gasteiger partial charge on any atom is -0.461 e. The van der Waals surface area contributed by atoms with Crippen LogP contribution in [0.5, 0.6) is 0 Å². The summed E-state index contributed by atoms with van der Waals surface area (Å²) in [4.78, 5) is 11.7. The standard InChI is InChI=1S/C11H17N3O2.2ClH/c1-2-16-11(15)10-9(7-13-14-10)8-3-5-12-6-4-8;;/h7-8,12H,2-6H2,1H3,(H,13,14);2*1H. The summed E-state index contributed by atoms with van der Waals surface area (Å²) < 4.78 is 4.99. The Morgan fingerprint density at radius 2 is 2.11 bits per heavy atom. The zero-order valence-corrected chi connectivity index (χ0v) is 11.9. The van der Waals surface area contributed by atoms with Crippen LogP contribution < -0.4 is 5.32 Å². The highest BCUT2D eigenvalue weighted by Crippen LogP contribution is 2.27. The zero-order chi connectivity index (χ0) is 11.4. The van der Waals surface area contributed by atoms with E-state index in [0.717, 1.165) is 31.5 Å². The largest absolute Gasteiger partial charge is 0.461 e. The number of rotatable bonds is 3. The van der Waals surface area contributed by atoms with Crippen molar-refractivity contribution in [2.24, 2.45) is 0 Å². The summed E-state index contributed by atoms with van der Waals surface area (Å²) in [5.74, 6) is 0.118. The molecule has 0 aliphatic carbocycles. The number of aromatic amines is 1. The third-order valence-electron chi connectivity index (χ3n) is 2.93. The lowest BCUT2D eigenvalue weighted by Crippen LogP contribution is -2.27. The molecule has 1 aliphatic rings. The Hall–Kier alpha value is -0.780. The third kappa shape index (κ3) is 3.86. The van der Waals surface area contributed by atoms with E-state index in [4.69, 9.17) is 4.74 Å². The molecule has 0 atom stereocenters. The van der Waals surface area contributed by atoms with E-state index in [2.05, 4.69) is 15.5 Å². The fraction of sp³-hybridized carbons (Fsp3) is 0.636. The highest BCUT2D eigenvalue weighted by molar-refractivity contribution is 5.89. The van der Waals surface area contributed by atoms with Crippen molar-refractivity contribution in [3.8, 4) is 0 Å². The monoisotopic (exact) mass is 295 g/mol. The molecular formula is C11H19Cl2N3O2. The molecule has 0 spiro atoms. The van der Waals surface area contributed by atoms with Crippen LogP contribution >= 0.6 is 24.8 Å². The number of hydrogen-bond acceptors (Lipinski definition) is 4. The Bertz CT molecular complexity index is 365. The zero-order valence-electron chi connectivity index (χ0n) is 10.3. The number of halogens is 2. The SMILES string of the molecule is CCOC(=O)c1[nH]ncc1C1CCNCC1.Cl.Cl. The van der Waals surface area contributed by atoms with Crippen LogP contribution in [0.25, 0.3) is 0 Å². The van der Waals surface area contributed by atoms with E-state index in [1.807, 2.05) is 0 Å². The van der Waals surface area contributed by atoms with Crippen molar-refractivity contribution in [3.05, 3.63) is 17.5 Å². The van der Waals surface area contributed by atoms with Gasteiger partial charge in [0.25, 0.3) is 0 Å². The first kappa shape index (κ1) is 17.2. The Kier molecular flexibility index (Phi) is 7.98. The average Bonchev–Trinajstić information content (AvgIpc) is 2.79. The summed E-state index contributed by atoms with van der Waals surface area (Å²) in [6.45, 7) is 4.19. The van der Waals surface area contributed by atoms with Gasteiger partial charge in [0.05, 0.1) is 12.8 Å². The second-order valence-corrected chi connectivity index (χ2v) is 3.95. The Labute approximate surface area is 119 Å². The van der Waals surface area contributed by atoms with Crippen molar-refractivity contribution in [1.82, 2.24) is 15.5 Å². The van der Waals surface area contributed by atoms with Crippen molar-refractivity contribution in [2.75, 3.05) is 19.7 Å². The van der Waals surface area contributed by atoms with Crippen LogP contribution in [0.2, 0.25) is 0 Å². The van der Waals surface area contributed by atoms with Gasteiger partial charge in [-0.1, -0.05) is 0 Å². The van der Waals surface area contributed by atoms with Crippen molar-refractivity contribution in [2.45, 2.75) is 25.7 Å². The lowest BCUT2D eigenvalue weighted by Gasteiger charge is -2.22. The number of aromatic nitrogens is 2. The summed E-state index contributed by atoms with van der Waals surface area (Å²) in [6, 6.07) is 0. The molecule has 0 amide bonds. The second kappa shape index (κ2) is 8.34. The van der Waals surface area contributed by atoms with Gasteiger partial charge in [0.15, 0.2) is 0 Å².